The Morgan fingerprint density at radius 2 is 1.88 bits per heavy atom. The van der Waals surface area contributed by atoms with Gasteiger partial charge < -0.3 is 4.74 Å². The van der Waals surface area contributed by atoms with E-state index >= 15 is 0 Å². The fourth-order valence-electron chi connectivity index (χ4n) is 4.41. The highest BCUT2D eigenvalue weighted by Crippen LogP contribution is 2.33. The molecule has 0 saturated carbocycles. The molecule has 32 heavy (non-hydrogen) atoms. The highest BCUT2D eigenvalue weighted by atomic mass is 35.5. The van der Waals surface area contributed by atoms with Gasteiger partial charge in [-0.25, -0.2) is 5.01 Å². The monoisotopic (exact) mass is 453 g/mol. The molecule has 0 aromatic heterocycles. The second-order valence-corrected chi connectivity index (χ2v) is 8.69. The molecular formula is C25H28ClN3O3. The molecule has 2 aliphatic rings. The van der Waals surface area contributed by atoms with Crippen molar-refractivity contribution < 1.29 is 14.3 Å². The summed E-state index contributed by atoms with van der Waals surface area (Å²) in [5, 5.41) is 7.01. The molecule has 1 amide bonds. The number of hydrazone groups is 1. The van der Waals surface area contributed by atoms with Crippen LogP contribution in [0.3, 0.4) is 0 Å². The molecule has 2 aromatic carbocycles. The Morgan fingerprint density at radius 3 is 2.59 bits per heavy atom. The zero-order valence-electron chi connectivity index (χ0n) is 18.2. The number of hydrogen-bond donors (Lipinski definition) is 0. The number of halogens is 1. The molecule has 2 aromatic rings. The Hall–Kier alpha value is -2.70. The van der Waals surface area contributed by atoms with Crippen molar-refractivity contribution in [1.29, 1.82) is 0 Å². The smallest absolute Gasteiger partial charge is 0.310 e. The fraction of sp³-hybridized carbons (Fsp3) is 0.400. The van der Waals surface area contributed by atoms with Crippen LogP contribution in [0, 0.1) is 5.92 Å². The largest absolute Gasteiger partial charge is 0.466 e. The van der Waals surface area contributed by atoms with Gasteiger partial charge in [-0.15, -0.1) is 0 Å². The van der Waals surface area contributed by atoms with Crippen LogP contribution < -0.4 is 0 Å². The van der Waals surface area contributed by atoms with Gasteiger partial charge in [-0.05, 0) is 49.6 Å². The number of carbonyl (C=O) groups excluding carboxylic acids is 2. The summed E-state index contributed by atoms with van der Waals surface area (Å²) in [6.07, 6.45) is 2.32. The van der Waals surface area contributed by atoms with E-state index in [0.717, 1.165) is 36.2 Å². The van der Waals surface area contributed by atoms with Crippen molar-refractivity contribution in [2.24, 2.45) is 11.0 Å². The van der Waals surface area contributed by atoms with Crippen LogP contribution >= 0.6 is 11.6 Å². The Balaban J connectivity index is 1.52. The molecule has 0 bridgehead atoms. The summed E-state index contributed by atoms with van der Waals surface area (Å²) >= 11 is 6.08. The van der Waals surface area contributed by atoms with Crippen LogP contribution in [-0.2, 0) is 14.3 Å². The van der Waals surface area contributed by atoms with Crippen molar-refractivity contribution in [2.45, 2.75) is 32.2 Å². The van der Waals surface area contributed by atoms with Crippen LogP contribution in [0.4, 0.5) is 0 Å². The zero-order chi connectivity index (χ0) is 22.5. The highest BCUT2D eigenvalue weighted by Gasteiger charge is 2.35. The van der Waals surface area contributed by atoms with Crippen LogP contribution in [0.2, 0.25) is 5.02 Å². The third kappa shape index (κ3) is 5.19. The first-order chi connectivity index (χ1) is 15.5. The van der Waals surface area contributed by atoms with Crippen LogP contribution in [0.5, 0.6) is 0 Å². The number of ether oxygens (including phenoxy) is 1. The molecule has 6 nitrogen and oxygen atoms in total. The van der Waals surface area contributed by atoms with E-state index in [1.54, 1.807) is 5.01 Å². The average Bonchev–Trinajstić information content (AvgIpc) is 3.26. The molecule has 168 valence electrons. The van der Waals surface area contributed by atoms with Crippen molar-refractivity contribution >= 4 is 29.2 Å². The van der Waals surface area contributed by atoms with E-state index in [2.05, 4.69) is 0 Å². The number of piperidine rings is 1. The molecule has 1 saturated heterocycles. The van der Waals surface area contributed by atoms with Gasteiger partial charge in [-0.2, -0.15) is 5.10 Å². The minimum Gasteiger partial charge on any atom is -0.466 e. The summed E-state index contributed by atoms with van der Waals surface area (Å²) in [5.74, 6) is -0.417. The van der Waals surface area contributed by atoms with Gasteiger partial charge >= 0.3 is 5.97 Å². The first kappa shape index (κ1) is 22.5. The van der Waals surface area contributed by atoms with E-state index in [1.165, 1.54) is 0 Å². The molecular weight excluding hydrogens is 426 g/mol. The lowest BCUT2D eigenvalue weighted by Gasteiger charge is -2.32. The van der Waals surface area contributed by atoms with Gasteiger partial charge in [0.25, 0.3) is 5.91 Å². The third-order valence-electron chi connectivity index (χ3n) is 6.01. The molecule has 0 N–H and O–H groups in total. The van der Waals surface area contributed by atoms with E-state index < -0.39 is 0 Å². The Morgan fingerprint density at radius 1 is 1.12 bits per heavy atom. The van der Waals surface area contributed by atoms with Crippen molar-refractivity contribution in [3.05, 3.63) is 70.7 Å². The van der Waals surface area contributed by atoms with E-state index in [1.807, 2.05) is 66.4 Å². The summed E-state index contributed by atoms with van der Waals surface area (Å²) in [6, 6.07) is 17.4. The summed E-state index contributed by atoms with van der Waals surface area (Å²) in [5.41, 5.74) is 2.91. The fourth-order valence-corrected chi connectivity index (χ4v) is 4.53. The maximum atomic E-state index is 13.4. The van der Waals surface area contributed by atoms with Crippen LogP contribution in [0.15, 0.2) is 59.7 Å². The first-order valence-corrected chi connectivity index (χ1v) is 11.5. The van der Waals surface area contributed by atoms with Crippen molar-refractivity contribution in [1.82, 2.24) is 9.91 Å². The van der Waals surface area contributed by atoms with Crippen molar-refractivity contribution in [2.75, 3.05) is 26.2 Å². The summed E-state index contributed by atoms with van der Waals surface area (Å²) in [7, 11) is 0. The van der Waals surface area contributed by atoms with Gasteiger partial charge in [-0.1, -0.05) is 54.1 Å². The van der Waals surface area contributed by atoms with Crippen molar-refractivity contribution in [3.8, 4) is 0 Å². The van der Waals surface area contributed by atoms with Crippen LogP contribution in [0.25, 0.3) is 0 Å². The lowest BCUT2D eigenvalue weighted by molar-refractivity contribution is -0.150. The molecule has 0 aliphatic carbocycles. The number of esters is 1. The quantitative estimate of drug-likeness (QED) is 0.612. The Bertz CT molecular complexity index is 978. The van der Waals surface area contributed by atoms with E-state index in [9.17, 15) is 9.59 Å². The van der Waals surface area contributed by atoms with E-state index in [0.29, 0.717) is 24.6 Å². The topological polar surface area (TPSA) is 62.2 Å². The molecule has 2 heterocycles. The Kier molecular flexibility index (Phi) is 7.22. The molecule has 4 rings (SSSR count). The van der Waals surface area contributed by atoms with Crippen molar-refractivity contribution in [3.63, 3.8) is 0 Å². The number of benzene rings is 2. The molecule has 0 unspecified atom stereocenters. The molecule has 0 radical (unpaired) electrons. The predicted octanol–water partition coefficient (Wildman–Crippen LogP) is 4.29. The standard InChI is InChI=1S/C25H28ClN3O3/c1-2-32-25(31)20-9-6-14-28(16-20)17-24(30)29-23(19-10-12-21(26)13-11-19)15-22(27-29)18-7-4-3-5-8-18/h3-5,7-8,10-13,20,23H,2,6,9,14-17H2,1H3/t20-,23-/m0/s1. The zero-order valence-corrected chi connectivity index (χ0v) is 19.0. The van der Waals surface area contributed by atoms with Gasteiger partial charge in [0.2, 0.25) is 0 Å². The molecule has 7 heteroatoms. The second kappa shape index (κ2) is 10.3. The number of hydrogen-bond acceptors (Lipinski definition) is 5. The average molecular weight is 454 g/mol. The summed E-state index contributed by atoms with van der Waals surface area (Å²) < 4.78 is 5.19. The van der Waals surface area contributed by atoms with Gasteiger partial charge in [0.05, 0.1) is 30.8 Å². The van der Waals surface area contributed by atoms with Gasteiger partial charge in [-0.3, -0.25) is 14.5 Å². The lowest BCUT2D eigenvalue weighted by atomic mass is 9.97. The maximum absolute atomic E-state index is 13.4. The molecule has 0 spiro atoms. The maximum Gasteiger partial charge on any atom is 0.310 e. The van der Waals surface area contributed by atoms with Crippen LogP contribution in [-0.4, -0.2) is 53.7 Å². The van der Waals surface area contributed by atoms with Gasteiger partial charge in [0.1, 0.15) is 0 Å². The number of amides is 1. The minimum atomic E-state index is -0.180. The second-order valence-electron chi connectivity index (χ2n) is 8.25. The first-order valence-electron chi connectivity index (χ1n) is 11.1. The molecule has 2 atom stereocenters. The highest BCUT2D eigenvalue weighted by molar-refractivity contribution is 6.30. The number of carbonyl (C=O) groups is 2. The molecule has 1 fully saturated rings. The summed E-state index contributed by atoms with van der Waals surface area (Å²) in [4.78, 5) is 27.6. The molecule has 2 aliphatic heterocycles. The minimum absolute atomic E-state index is 0.0691. The number of likely N-dealkylation sites (tertiary alicyclic amines) is 1. The number of nitrogens with zero attached hydrogens (tertiary/aromatic N) is 3. The summed E-state index contributed by atoms with van der Waals surface area (Å²) in [6.45, 7) is 3.75. The van der Waals surface area contributed by atoms with E-state index in [4.69, 9.17) is 21.4 Å². The third-order valence-corrected chi connectivity index (χ3v) is 6.26. The van der Waals surface area contributed by atoms with Crippen LogP contribution in [0.1, 0.15) is 43.4 Å². The Labute approximate surface area is 193 Å². The van der Waals surface area contributed by atoms with E-state index in [-0.39, 0.29) is 30.4 Å². The lowest BCUT2D eigenvalue weighted by Crippen LogP contribution is -2.44. The number of rotatable bonds is 6. The van der Waals surface area contributed by atoms with Gasteiger partial charge in [0, 0.05) is 18.0 Å². The SMILES string of the molecule is CCOC(=O)[C@H]1CCCN(CC(=O)N2N=C(c3ccccc3)C[C@H]2c2ccc(Cl)cc2)C1. The van der Waals surface area contributed by atoms with Gasteiger partial charge in [0.15, 0.2) is 0 Å². The predicted molar refractivity (Wildman–Crippen MR) is 124 cm³/mol. The normalized spacial score (nSPS) is 21.3.